The molecule has 0 aliphatic rings. The summed E-state index contributed by atoms with van der Waals surface area (Å²) in [4.78, 5) is 12.4. The molecule has 1 aromatic carbocycles. The number of hydrogen-bond donors (Lipinski definition) is 1. The van der Waals surface area contributed by atoms with Gasteiger partial charge in [-0.3, -0.25) is 4.98 Å². The van der Waals surface area contributed by atoms with Gasteiger partial charge in [0.1, 0.15) is 5.69 Å². The van der Waals surface area contributed by atoms with E-state index in [9.17, 15) is 0 Å². The smallest absolute Gasteiger partial charge is 0.157 e. The van der Waals surface area contributed by atoms with Crippen molar-refractivity contribution in [1.82, 2.24) is 15.0 Å². The van der Waals surface area contributed by atoms with Gasteiger partial charge < -0.3 is 4.98 Å². The molecule has 0 radical (unpaired) electrons. The number of pyridine rings is 1. The highest BCUT2D eigenvalue weighted by Crippen LogP contribution is 2.21. The van der Waals surface area contributed by atoms with Gasteiger partial charge in [0.15, 0.2) is 5.82 Å². The Balaban J connectivity index is 2.16. The van der Waals surface area contributed by atoms with Gasteiger partial charge in [-0.2, -0.15) is 0 Å². The fraction of sp³-hybridized carbons (Fsp3) is 0.200. The number of aryl methyl sites for hydroxylation is 2. The van der Waals surface area contributed by atoms with Crippen LogP contribution < -0.4 is 0 Å². The first-order valence-electron chi connectivity index (χ1n) is 6.18. The first-order valence-corrected chi connectivity index (χ1v) is 6.18. The van der Waals surface area contributed by atoms with E-state index < -0.39 is 0 Å². The summed E-state index contributed by atoms with van der Waals surface area (Å²) in [5, 5.41) is 0. The number of hydrogen-bond acceptors (Lipinski definition) is 2. The summed E-state index contributed by atoms with van der Waals surface area (Å²) in [5.74, 6) is 0.839. The van der Waals surface area contributed by atoms with E-state index in [-0.39, 0.29) is 0 Å². The molecule has 2 heterocycles. The van der Waals surface area contributed by atoms with Crippen molar-refractivity contribution < 1.29 is 0 Å². The Labute approximate surface area is 106 Å². The lowest BCUT2D eigenvalue weighted by Gasteiger charge is -1.96. The molecule has 3 nitrogen and oxygen atoms in total. The molecule has 0 spiro atoms. The van der Waals surface area contributed by atoms with Crippen molar-refractivity contribution in [2.75, 3.05) is 0 Å². The van der Waals surface area contributed by atoms with E-state index in [2.05, 4.69) is 46.1 Å². The lowest BCUT2D eigenvalue weighted by molar-refractivity contribution is 1.15. The number of rotatable bonds is 2. The molecule has 0 aliphatic heterocycles. The van der Waals surface area contributed by atoms with Crippen LogP contribution in [0.15, 0.2) is 36.5 Å². The number of nitrogens with zero attached hydrogens (tertiary/aromatic N) is 2. The van der Waals surface area contributed by atoms with Crippen LogP contribution in [0.3, 0.4) is 0 Å². The van der Waals surface area contributed by atoms with Gasteiger partial charge in [0.2, 0.25) is 0 Å². The van der Waals surface area contributed by atoms with Crippen molar-refractivity contribution >= 4 is 11.0 Å². The Morgan fingerprint density at radius 3 is 2.78 bits per heavy atom. The maximum atomic E-state index is 4.67. The Hall–Kier alpha value is -2.16. The molecule has 0 saturated heterocycles. The van der Waals surface area contributed by atoms with Gasteiger partial charge in [-0.25, -0.2) is 4.98 Å². The molecule has 0 unspecified atom stereocenters. The lowest BCUT2D eigenvalue weighted by atomic mass is 10.1. The minimum absolute atomic E-state index is 0.839. The summed E-state index contributed by atoms with van der Waals surface area (Å²) in [7, 11) is 0. The Bertz CT molecular complexity index is 681. The highest BCUT2D eigenvalue weighted by atomic mass is 14.9. The Kier molecular flexibility index (Phi) is 2.59. The van der Waals surface area contributed by atoms with Gasteiger partial charge in [0.25, 0.3) is 0 Å². The fourth-order valence-corrected chi connectivity index (χ4v) is 2.11. The molecular formula is C15H15N3. The molecule has 1 N–H and O–H groups in total. The number of nitrogens with one attached hydrogen (secondary N) is 1. The normalized spacial score (nSPS) is 11.0. The van der Waals surface area contributed by atoms with Crippen LogP contribution in [0.4, 0.5) is 0 Å². The zero-order valence-corrected chi connectivity index (χ0v) is 10.6. The van der Waals surface area contributed by atoms with E-state index in [4.69, 9.17) is 0 Å². The van der Waals surface area contributed by atoms with Crippen LogP contribution in [0, 0.1) is 6.92 Å². The third kappa shape index (κ3) is 1.78. The van der Waals surface area contributed by atoms with Crippen molar-refractivity contribution in [2.24, 2.45) is 0 Å². The summed E-state index contributed by atoms with van der Waals surface area (Å²) in [5.41, 5.74) is 5.44. The van der Waals surface area contributed by atoms with E-state index in [1.807, 2.05) is 19.2 Å². The minimum atomic E-state index is 0.839. The number of aromatic amines is 1. The second-order valence-electron chi connectivity index (χ2n) is 4.47. The predicted octanol–water partition coefficient (Wildman–Crippen LogP) is 3.50. The molecule has 18 heavy (non-hydrogen) atoms. The minimum Gasteiger partial charge on any atom is -0.337 e. The van der Waals surface area contributed by atoms with Crippen molar-refractivity contribution in [3.8, 4) is 11.5 Å². The molecule has 0 atom stereocenters. The number of H-pyrrole nitrogens is 1. The monoisotopic (exact) mass is 237 g/mol. The van der Waals surface area contributed by atoms with Crippen LogP contribution in [0.1, 0.15) is 18.1 Å². The fourth-order valence-electron chi connectivity index (χ4n) is 2.11. The van der Waals surface area contributed by atoms with E-state index in [1.165, 1.54) is 5.56 Å². The first kappa shape index (κ1) is 11.0. The number of aromatic nitrogens is 3. The standard InChI is InChI=1S/C15H15N3/c1-3-11-5-4-6-12-14(11)18-15(17-12)13-8-7-10(2)9-16-13/h4-9H,3H2,1-2H3,(H,17,18). The van der Waals surface area contributed by atoms with Gasteiger partial charge in [-0.15, -0.1) is 0 Å². The lowest BCUT2D eigenvalue weighted by Crippen LogP contribution is -1.86. The van der Waals surface area contributed by atoms with E-state index in [0.717, 1.165) is 34.5 Å². The molecule has 3 heteroatoms. The first-order chi connectivity index (χ1) is 8.78. The summed E-state index contributed by atoms with van der Waals surface area (Å²) >= 11 is 0. The van der Waals surface area contributed by atoms with E-state index >= 15 is 0 Å². The summed E-state index contributed by atoms with van der Waals surface area (Å²) < 4.78 is 0. The third-order valence-corrected chi connectivity index (χ3v) is 3.13. The summed E-state index contributed by atoms with van der Waals surface area (Å²) in [6, 6.07) is 10.3. The molecule has 0 fully saturated rings. The highest BCUT2D eigenvalue weighted by molar-refractivity contribution is 5.81. The number of benzene rings is 1. The molecule has 90 valence electrons. The Morgan fingerprint density at radius 2 is 2.06 bits per heavy atom. The average molecular weight is 237 g/mol. The molecule has 0 bridgehead atoms. The topological polar surface area (TPSA) is 41.6 Å². The SMILES string of the molecule is CCc1cccc2[nH]c(-c3ccc(C)cn3)nc12. The maximum Gasteiger partial charge on any atom is 0.157 e. The van der Waals surface area contributed by atoms with Gasteiger partial charge in [-0.1, -0.05) is 25.1 Å². The number of fused-ring (bicyclic) bond motifs is 1. The Morgan fingerprint density at radius 1 is 1.17 bits per heavy atom. The van der Waals surface area contributed by atoms with Gasteiger partial charge in [-0.05, 0) is 36.6 Å². The van der Waals surface area contributed by atoms with E-state index in [1.54, 1.807) is 0 Å². The van der Waals surface area contributed by atoms with Crippen molar-refractivity contribution in [3.63, 3.8) is 0 Å². The van der Waals surface area contributed by atoms with Gasteiger partial charge >= 0.3 is 0 Å². The zero-order chi connectivity index (χ0) is 12.5. The number of imidazole rings is 1. The largest absolute Gasteiger partial charge is 0.337 e. The van der Waals surface area contributed by atoms with Gasteiger partial charge in [0, 0.05) is 6.20 Å². The maximum absolute atomic E-state index is 4.67. The van der Waals surface area contributed by atoms with Crippen molar-refractivity contribution in [2.45, 2.75) is 20.3 Å². The summed E-state index contributed by atoms with van der Waals surface area (Å²) in [6.45, 7) is 4.18. The van der Waals surface area contributed by atoms with Gasteiger partial charge in [0.05, 0.1) is 11.0 Å². The molecule has 0 saturated carbocycles. The van der Waals surface area contributed by atoms with Crippen LogP contribution in [-0.2, 0) is 6.42 Å². The zero-order valence-electron chi connectivity index (χ0n) is 10.6. The molecule has 0 aliphatic carbocycles. The molecular weight excluding hydrogens is 222 g/mol. The van der Waals surface area contributed by atoms with Crippen LogP contribution in [0.25, 0.3) is 22.6 Å². The number of para-hydroxylation sites is 1. The van der Waals surface area contributed by atoms with Crippen LogP contribution in [0.5, 0.6) is 0 Å². The van der Waals surface area contributed by atoms with E-state index in [0.29, 0.717) is 0 Å². The van der Waals surface area contributed by atoms with Crippen LogP contribution >= 0.6 is 0 Å². The second-order valence-corrected chi connectivity index (χ2v) is 4.47. The third-order valence-electron chi connectivity index (χ3n) is 3.13. The van der Waals surface area contributed by atoms with Crippen molar-refractivity contribution in [1.29, 1.82) is 0 Å². The van der Waals surface area contributed by atoms with Crippen LogP contribution in [-0.4, -0.2) is 15.0 Å². The van der Waals surface area contributed by atoms with Crippen LogP contribution in [0.2, 0.25) is 0 Å². The molecule has 3 rings (SSSR count). The molecule has 3 aromatic rings. The molecule has 0 amide bonds. The van der Waals surface area contributed by atoms with Crippen molar-refractivity contribution in [3.05, 3.63) is 47.7 Å². The quantitative estimate of drug-likeness (QED) is 0.741. The second kappa shape index (κ2) is 4.26. The predicted molar refractivity (Wildman–Crippen MR) is 73.4 cm³/mol. The highest BCUT2D eigenvalue weighted by Gasteiger charge is 2.08. The average Bonchev–Trinajstić information content (AvgIpc) is 2.83. The summed E-state index contributed by atoms with van der Waals surface area (Å²) in [6.07, 6.45) is 2.85. The molecule has 2 aromatic heterocycles.